The Morgan fingerprint density at radius 2 is 2.25 bits per heavy atom. The fourth-order valence-electron chi connectivity index (χ4n) is 2.46. The molecule has 1 fully saturated rings. The molecule has 0 spiro atoms. The van der Waals surface area contributed by atoms with Gasteiger partial charge in [-0.25, -0.2) is 4.98 Å². The number of hydrogen-bond acceptors (Lipinski definition) is 4. The van der Waals surface area contributed by atoms with E-state index in [-0.39, 0.29) is 12.6 Å². The number of halogens is 3. The zero-order valence-corrected chi connectivity index (χ0v) is 11.9. The van der Waals surface area contributed by atoms with E-state index in [0.717, 1.165) is 5.01 Å². The molecule has 0 bridgehead atoms. The summed E-state index contributed by atoms with van der Waals surface area (Å²) < 4.78 is 39.3. The summed E-state index contributed by atoms with van der Waals surface area (Å²) >= 11 is 1.43. The molecule has 20 heavy (non-hydrogen) atoms. The van der Waals surface area contributed by atoms with Crippen molar-refractivity contribution in [3.8, 4) is 0 Å². The van der Waals surface area contributed by atoms with Gasteiger partial charge in [-0.05, 0) is 20.3 Å². The molecule has 4 nitrogen and oxygen atoms in total. The van der Waals surface area contributed by atoms with Crippen LogP contribution >= 0.6 is 11.3 Å². The zero-order valence-electron chi connectivity index (χ0n) is 11.1. The maximum Gasteiger partial charge on any atom is 0.406 e. The molecular formula is C12H15F3N2O2S. The number of likely N-dealkylation sites (tertiary alicyclic amines) is 1. The van der Waals surface area contributed by atoms with E-state index in [9.17, 15) is 18.0 Å². The Morgan fingerprint density at radius 1 is 1.60 bits per heavy atom. The van der Waals surface area contributed by atoms with Crippen LogP contribution in [0.4, 0.5) is 13.2 Å². The number of rotatable bonds is 3. The number of aromatic nitrogens is 1. The Labute approximate surface area is 118 Å². The average molecular weight is 308 g/mol. The van der Waals surface area contributed by atoms with Gasteiger partial charge in [-0.15, -0.1) is 11.3 Å². The van der Waals surface area contributed by atoms with Crippen molar-refractivity contribution in [3.63, 3.8) is 0 Å². The maximum atomic E-state index is 13.1. The summed E-state index contributed by atoms with van der Waals surface area (Å²) in [5.41, 5.74) is -1.97. The van der Waals surface area contributed by atoms with E-state index < -0.39 is 30.5 Å². The first kappa shape index (κ1) is 15.2. The van der Waals surface area contributed by atoms with Crippen LogP contribution in [0.25, 0.3) is 0 Å². The lowest BCUT2D eigenvalue weighted by molar-refractivity contribution is -0.227. The quantitative estimate of drug-likeness (QED) is 0.933. The largest absolute Gasteiger partial charge is 0.481 e. The van der Waals surface area contributed by atoms with Crippen molar-refractivity contribution in [2.75, 3.05) is 13.1 Å². The summed E-state index contributed by atoms with van der Waals surface area (Å²) in [6, 6.07) is -0.316. The molecule has 1 aliphatic heterocycles. The predicted octanol–water partition coefficient (Wildman–Crippen LogP) is 2.85. The molecule has 1 aromatic rings. The molecule has 2 heterocycles. The second-order valence-electron chi connectivity index (χ2n) is 5.07. The molecule has 0 radical (unpaired) electrons. The number of aliphatic carboxylic acids is 1. The van der Waals surface area contributed by atoms with Crippen LogP contribution in [0.15, 0.2) is 5.38 Å². The molecule has 0 aliphatic carbocycles. The van der Waals surface area contributed by atoms with Gasteiger partial charge in [0.15, 0.2) is 5.41 Å². The minimum absolute atomic E-state index is 0.101. The third-order valence-electron chi connectivity index (χ3n) is 3.86. The fourth-order valence-corrected chi connectivity index (χ4v) is 3.16. The van der Waals surface area contributed by atoms with Crippen molar-refractivity contribution in [1.82, 2.24) is 9.88 Å². The summed E-state index contributed by atoms with van der Waals surface area (Å²) in [4.78, 5) is 16.9. The first-order valence-corrected chi connectivity index (χ1v) is 7.01. The molecule has 2 unspecified atom stereocenters. The predicted molar refractivity (Wildman–Crippen MR) is 67.6 cm³/mol. The number of carboxylic acids is 1. The topological polar surface area (TPSA) is 53.4 Å². The van der Waals surface area contributed by atoms with Crippen LogP contribution in [0, 0.1) is 12.3 Å². The number of nitrogens with zero attached hydrogens (tertiary/aromatic N) is 2. The molecule has 1 aromatic heterocycles. The van der Waals surface area contributed by atoms with Crippen molar-refractivity contribution in [2.24, 2.45) is 5.41 Å². The monoisotopic (exact) mass is 308 g/mol. The molecule has 1 aliphatic rings. The van der Waals surface area contributed by atoms with Gasteiger partial charge in [-0.3, -0.25) is 9.69 Å². The van der Waals surface area contributed by atoms with E-state index in [0.29, 0.717) is 5.69 Å². The standard InChI is InChI=1S/C12H15F3N2O2S/c1-7(9-5-20-8(2)16-9)17-4-3-11(6-17,10(18)19)12(13,14)15/h5,7H,3-4,6H2,1-2H3,(H,18,19). The first-order valence-electron chi connectivity index (χ1n) is 6.13. The minimum Gasteiger partial charge on any atom is -0.481 e. The van der Waals surface area contributed by atoms with E-state index in [1.807, 2.05) is 6.92 Å². The van der Waals surface area contributed by atoms with Gasteiger partial charge in [0.25, 0.3) is 0 Å². The van der Waals surface area contributed by atoms with Crippen LogP contribution in [0.3, 0.4) is 0 Å². The van der Waals surface area contributed by atoms with E-state index in [4.69, 9.17) is 5.11 Å². The molecule has 0 saturated carbocycles. The lowest BCUT2D eigenvalue weighted by Gasteiger charge is -2.29. The molecular weight excluding hydrogens is 293 g/mol. The molecule has 8 heteroatoms. The maximum absolute atomic E-state index is 13.1. The van der Waals surface area contributed by atoms with E-state index in [1.165, 1.54) is 16.2 Å². The average Bonchev–Trinajstić information content (AvgIpc) is 2.93. The van der Waals surface area contributed by atoms with Gasteiger partial charge in [-0.1, -0.05) is 0 Å². The Kier molecular flexibility index (Phi) is 3.81. The van der Waals surface area contributed by atoms with Crippen molar-refractivity contribution >= 4 is 17.3 Å². The summed E-state index contributed by atoms with van der Waals surface area (Å²) in [5.74, 6) is -1.80. The minimum atomic E-state index is -4.74. The van der Waals surface area contributed by atoms with Gasteiger partial charge in [0.05, 0.1) is 16.7 Å². The van der Waals surface area contributed by atoms with Gasteiger partial charge in [0, 0.05) is 18.5 Å². The highest BCUT2D eigenvalue weighted by molar-refractivity contribution is 7.09. The SMILES string of the molecule is Cc1nc(C(C)N2CCC(C(=O)O)(C(F)(F)F)C2)cs1. The fraction of sp³-hybridized carbons (Fsp3) is 0.667. The third-order valence-corrected chi connectivity index (χ3v) is 4.66. The van der Waals surface area contributed by atoms with Gasteiger partial charge < -0.3 is 5.11 Å². The number of hydrogen-bond donors (Lipinski definition) is 1. The second-order valence-corrected chi connectivity index (χ2v) is 6.14. The van der Waals surface area contributed by atoms with Gasteiger partial charge in [0.1, 0.15) is 0 Å². The number of alkyl halides is 3. The Bertz CT molecular complexity index is 517. The zero-order chi connectivity index (χ0) is 15.1. The van der Waals surface area contributed by atoms with E-state index in [2.05, 4.69) is 4.98 Å². The molecule has 0 aromatic carbocycles. The van der Waals surface area contributed by atoms with Crippen LogP contribution in [0.1, 0.15) is 30.1 Å². The molecule has 1 saturated heterocycles. The lowest BCUT2D eigenvalue weighted by Crippen LogP contribution is -2.47. The highest BCUT2D eigenvalue weighted by atomic mass is 32.1. The van der Waals surface area contributed by atoms with Crippen molar-refractivity contribution < 1.29 is 23.1 Å². The summed E-state index contributed by atoms with van der Waals surface area (Å²) in [7, 11) is 0. The lowest BCUT2D eigenvalue weighted by atomic mass is 9.86. The van der Waals surface area contributed by atoms with Crippen molar-refractivity contribution in [2.45, 2.75) is 32.5 Å². The number of aryl methyl sites for hydroxylation is 1. The van der Waals surface area contributed by atoms with Gasteiger partial charge in [0.2, 0.25) is 0 Å². The molecule has 1 N–H and O–H groups in total. The highest BCUT2D eigenvalue weighted by Gasteiger charge is 2.63. The first-order chi connectivity index (χ1) is 9.17. The summed E-state index contributed by atoms with van der Waals surface area (Å²) in [6.45, 7) is 3.15. The molecule has 0 amide bonds. The number of carbonyl (C=O) groups is 1. The smallest absolute Gasteiger partial charge is 0.406 e. The number of carboxylic acid groups (broad SMARTS) is 1. The Balaban J connectivity index is 2.21. The number of thiazole rings is 1. The summed E-state index contributed by atoms with van der Waals surface area (Å²) in [6.07, 6.45) is -5.16. The van der Waals surface area contributed by atoms with Crippen molar-refractivity contribution in [1.29, 1.82) is 0 Å². The van der Waals surface area contributed by atoms with Crippen LogP contribution < -0.4 is 0 Å². The third kappa shape index (κ3) is 2.42. The molecule has 112 valence electrons. The van der Waals surface area contributed by atoms with E-state index in [1.54, 1.807) is 12.3 Å². The normalized spacial score (nSPS) is 25.9. The van der Waals surface area contributed by atoms with Crippen molar-refractivity contribution in [3.05, 3.63) is 16.1 Å². The van der Waals surface area contributed by atoms with Crippen LogP contribution in [0.5, 0.6) is 0 Å². The van der Waals surface area contributed by atoms with Crippen LogP contribution in [0.2, 0.25) is 0 Å². The van der Waals surface area contributed by atoms with Gasteiger partial charge in [-0.2, -0.15) is 13.2 Å². The van der Waals surface area contributed by atoms with Crippen LogP contribution in [-0.2, 0) is 4.79 Å². The van der Waals surface area contributed by atoms with E-state index >= 15 is 0 Å². The Morgan fingerprint density at radius 3 is 2.65 bits per heavy atom. The van der Waals surface area contributed by atoms with Gasteiger partial charge >= 0.3 is 12.1 Å². The molecule has 2 atom stereocenters. The highest BCUT2D eigenvalue weighted by Crippen LogP contribution is 2.47. The molecule has 2 rings (SSSR count). The second kappa shape index (κ2) is 5.00. The summed E-state index contributed by atoms with van der Waals surface area (Å²) in [5, 5.41) is 11.7. The van der Waals surface area contributed by atoms with Crippen LogP contribution in [-0.4, -0.2) is 40.2 Å². The Hall–Kier alpha value is -1.15.